The third kappa shape index (κ3) is 5.72. The van der Waals surface area contributed by atoms with Gasteiger partial charge in [-0.3, -0.25) is 19.1 Å². The molecule has 0 spiro atoms. The molecule has 28 heavy (non-hydrogen) atoms. The van der Waals surface area contributed by atoms with Crippen molar-refractivity contribution in [3.8, 4) is 0 Å². The van der Waals surface area contributed by atoms with Gasteiger partial charge < -0.3 is 14.9 Å². The molecule has 0 saturated carbocycles. The first-order valence-corrected chi connectivity index (χ1v) is 10.6. The average molecular weight is 436 g/mol. The molecule has 13 heteroatoms. The van der Waals surface area contributed by atoms with Gasteiger partial charge in [0.1, 0.15) is 24.1 Å². The average Bonchev–Trinajstić information content (AvgIpc) is 2.87. The quantitative estimate of drug-likeness (QED) is 0.308. The number of nitrogens with one attached hydrogen (secondary N) is 2. The van der Waals surface area contributed by atoms with Crippen molar-refractivity contribution in [1.29, 1.82) is 0 Å². The molecular formula is C15H23N3O8PS+. The fourth-order valence-corrected chi connectivity index (χ4v) is 4.79. The molecule has 0 amide bonds. The van der Waals surface area contributed by atoms with Crippen LogP contribution < -0.4 is 16.3 Å². The Bertz CT molecular complexity index is 828. The van der Waals surface area contributed by atoms with Gasteiger partial charge >= 0.3 is 19.8 Å². The van der Waals surface area contributed by atoms with Crippen molar-refractivity contribution in [3.63, 3.8) is 0 Å². The van der Waals surface area contributed by atoms with Crippen LogP contribution in [0.3, 0.4) is 0 Å². The SMILES string of the molecule is CC(C)OC(=O)[C@H](C)N[P+](=O)OC[C@H]1S[C@@H](n2ccc(=O)[nH]c2=O)[C@H](O)[C@@H]1O. The van der Waals surface area contributed by atoms with Crippen LogP contribution in [0.25, 0.3) is 0 Å². The lowest BCUT2D eigenvalue weighted by atomic mass is 10.1. The molecule has 0 radical (unpaired) electrons. The van der Waals surface area contributed by atoms with Crippen LogP contribution in [0.1, 0.15) is 26.1 Å². The highest BCUT2D eigenvalue weighted by atomic mass is 32.2. The first-order chi connectivity index (χ1) is 13.1. The second kappa shape index (κ2) is 9.77. The standard InChI is InChI=1S/C15H22N3O8PS/c1-7(2)26-14(22)8(3)17-27(24)25-6-9-11(20)12(21)13(28-9)18-5-4-10(19)16-15(18)23/h4-5,7-9,11-13,20-21H,6H2,1-3H3,(H-,16,17,19,23,24)/p+1/t8-,9+,11+,12+,13+/m0/s1. The summed E-state index contributed by atoms with van der Waals surface area (Å²) in [5.41, 5.74) is -1.30. The number of hydrogen-bond donors (Lipinski definition) is 4. The maximum Gasteiger partial charge on any atom is 0.613 e. The normalized spacial score (nSPS) is 26.3. The van der Waals surface area contributed by atoms with Crippen LogP contribution in [0.5, 0.6) is 0 Å². The first kappa shape index (κ1) is 22.7. The van der Waals surface area contributed by atoms with Crippen LogP contribution in [0, 0.1) is 0 Å². The summed E-state index contributed by atoms with van der Waals surface area (Å²) in [6, 6.07) is 0.272. The fourth-order valence-electron chi connectivity index (χ4n) is 2.45. The lowest BCUT2D eigenvalue weighted by Crippen LogP contribution is -2.37. The van der Waals surface area contributed by atoms with Gasteiger partial charge in [0.15, 0.2) is 0 Å². The van der Waals surface area contributed by atoms with Crippen molar-refractivity contribution in [2.45, 2.75) is 55.7 Å². The van der Waals surface area contributed by atoms with E-state index in [-0.39, 0.29) is 12.7 Å². The number of aromatic amines is 1. The zero-order valence-electron chi connectivity index (χ0n) is 15.5. The third-order valence-electron chi connectivity index (χ3n) is 3.82. The van der Waals surface area contributed by atoms with E-state index in [0.29, 0.717) is 0 Å². The van der Waals surface area contributed by atoms with Crippen molar-refractivity contribution in [2.75, 3.05) is 6.61 Å². The fraction of sp³-hybridized carbons (Fsp3) is 0.667. The molecule has 2 rings (SSSR count). The second-order valence-corrected chi connectivity index (χ2v) is 8.84. The Hall–Kier alpha value is -1.56. The molecule has 11 nitrogen and oxygen atoms in total. The first-order valence-electron chi connectivity index (χ1n) is 8.50. The molecule has 1 unspecified atom stereocenters. The molecule has 1 aliphatic rings. The number of rotatable bonds is 8. The molecule has 4 N–H and O–H groups in total. The van der Waals surface area contributed by atoms with E-state index in [1.807, 2.05) is 0 Å². The number of carbonyl (C=O) groups is 1. The Kier molecular flexibility index (Phi) is 7.93. The van der Waals surface area contributed by atoms with Gasteiger partial charge in [-0.15, -0.1) is 16.3 Å². The second-order valence-electron chi connectivity index (χ2n) is 6.45. The van der Waals surface area contributed by atoms with Crippen LogP contribution in [0.2, 0.25) is 0 Å². The Morgan fingerprint density at radius 2 is 2.04 bits per heavy atom. The predicted octanol–water partition coefficient (Wildman–Crippen LogP) is -0.524. The highest BCUT2D eigenvalue weighted by molar-refractivity contribution is 8.00. The maximum absolute atomic E-state index is 12.0. The molecule has 6 atom stereocenters. The minimum atomic E-state index is -2.43. The van der Waals surface area contributed by atoms with Crippen molar-refractivity contribution >= 4 is 25.9 Å². The van der Waals surface area contributed by atoms with Gasteiger partial charge in [0.2, 0.25) is 0 Å². The molecule has 1 aliphatic heterocycles. The number of carbonyl (C=O) groups excluding carboxylic acids is 1. The predicted molar refractivity (Wildman–Crippen MR) is 101 cm³/mol. The van der Waals surface area contributed by atoms with E-state index in [0.717, 1.165) is 22.4 Å². The lowest BCUT2D eigenvalue weighted by Gasteiger charge is -2.17. The van der Waals surface area contributed by atoms with E-state index in [2.05, 4.69) is 10.1 Å². The molecule has 2 heterocycles. The summed E-state index contributed by atoms with van der Waals surface area (Å²) in [4.78, 5) is 36.8. The van der Waals surface area contributed by atoms with E-state index in [1.165, 1.54) is 13.1 Å². The summed E-state index contributed by atoms with van der Waals surface area (Å²) < 4.78 is 23.2. The van der Waals surface area contributed by atoms with Gasteiger partial charge in [-0.25, -0.2) is 4.79 Å². The molecule has 1 fully saturated rings. The topological polar surface area (TPSA) is 160 Å². The smallest absolute Gasteiger partial charge is 0.462 e. The third-order valence-corrected chi connectivity index (χ3v) is 6.35. The minimum absolute atomic E-state index is 0.203. The molecule has 0 bridgehead atoms. The summed E-state index contributed by atoms with van der Waals surface area (Å²) >= 11 is 1.04. The zero-order valence-corrected chi connectivity index (χ0v) is 17.2. The highest BCUT2D eigenvalue weighted by Gasteiger charge is 2.45. The number of nitrogens with zero attached hydrogens (tertiary/aromatic N) is 1. The highest BCUT2D eigenvalue weighted by Crippen LogP contribution is 2.42. The Balaban J connectivity index is 1.92. The van der Waals surface area contributed by atoms with Crippen molar-refractivity contribution < 1.29 is 28.8 Å². The van der Waals surface area contributed by atoms with E-state index < -0.39 is 54.3 Å². The monoisotopic (exact) mass is 436 g/mol. The van der Waals surface area contributed by atoms with E-state index >= 15 is 0 Å². The number of thioether (sulfide) groups is 1. The number of aliphatic hydroxyl groups excluding tert-OH is 2. The number of hydrogen-bond acceptors (Lipinski definition) is 9. The molecular weight excluding hydrogens is 413 g/mol. The van der Waals surface area contributed by atoms with Crippen LogP contribution in [0.4, 0.5) is 0 Å². The molecule has 156 valence electrons. The Morgan fingerprint density at radius 1 is 1.36 bits per heavy atom. The number of H-pyrrole nitrogens is 1. The van der Waals surface area contributed by atoms with Crippen LogP contribution in [0.15, 0.2) is 21.9 Å². The summed E-state index contributed by atoms with van der Waals surface area (Å²) in [6.45, 7) is 4.65. The summed E-state index contributed by atoms with van der Waals surface area (Å²) in [6.07, 6.45) is -1.63. The van der Waals surface area contributed by atoms with Gasteiger partial charge in [0, 0.05) is 12.3 Å². The molecule has 1 aromatic heterocycles. The summed E-state index contributed by atoms with van der Waals surface area (Å²) in [5.74, 6) is -0.579. The van der Waals surface area contributed by atoms with Gasteiger partial charge in [-0.2, -0.15) is 0 Å². The van der Waals surface area contributed by atoms with Gasteiger partial charge in [-0.1, -0.05) is 5.09 Å². The minimum Gasteiger partial charge on any atom is -0.462 e. The number of aromatic nitrogens is 2. The van der Waals surface area contributed by atoms with Crippen LogP contribution in [-0.2, 0) is 18.6 Å². The summed E-state index contributed by atoms with van der Waals surface area (Å²) in [5, 5.41) is 21.3. The van der Waals surface area contributed by atoms with E-state index in [9.17, 15) is 29.2 Å². The lowest BCUT2D eigenvalue weighted by molar-refractivity contribution is -0.149. The van der Waals surface area contributed by atoms with Crippen molar-refractivity contribution in [3.05, 3.63) is 33.1 Å². The van der Waals surface area contributed by atoms with Gasteiger partial charge in [-0.05, 0) is 25.3 Å². The zero-order chi connectivity index (χ0) is 21.0. The van der Waals surface area contributed by atoms with Gasteiger partial charge in [0.25, 0.3) is 5.56 Å². The number of aliphatic hydroxyl groups is 2. The number of ether oxygens (including phenoxy) is 1. The Labute approximate surface area is 165 Å². The summed E-state index contributed by atoms with van der Waals surface area (Å²) in [7, 11) is -2.43. The molecule has 1 saturated heterocycles. The van der Waals surface area contributed by atoms with E-state index in [1.54, 1.807) is 13.8 Å². The van der Waals surface area contributed by atoms with Crippen molar-refractivity contribution in [2.24, 2.45) is 0 Å². The van der Waals surface area contributed by atoms with E-state index in [4.69, 9.17) is 9.26 Å². The van der Waals surface area contributed by atoms with Gasteiger partial charge in [0.05, 0.1) is 17.5 Å². The molecule has 1 aromatic rings. The molecule has 0 aromatic carbocycles. The molecule has 0 aliphatic carbocycles. The Morgan fingerprint density at radius 3 is 2.64 bits per heavy atom. The maximum atomic E-state index is 12.0. The van der Waals surface area contributed by atoms with Crippen molar-refractivity contribution in [1.82, 2.24) is 14.6 Å². The largest absolute Gasteiger partial charge is 0.613 e. The van der Waals surface area contributed by atoms with Crippen LogP contribution >= 0.6 is 19.9 Å². The van der Waals surface area contributed by atoms with Crippen LogP contribution in [-0.4, -0.2) is 61.9 Å². The number of esters is 1.